The lowest BCUT2D eigenvalue weighted by Crippen LogP contribution is -2.11. The summed E-state index contributed by atoms with van der Waals surface area (Å²) in [6.45, 7) is 3.72. The molecule has 0 aliphatic rings. The average Bonchev–Trinajstić information content (AvgIpc) is 3.21. The van der Waals surface area contributed by atoms with Gasteiger partial charge in [-0.3, -0.25) is 0 Å². The molecule has 0 saturated heterocycles. The fourth-order valence-corrected chi connectivity index (χ4v) is 3.65. The van der Waals surface area contributed by atoms with Crippen LogP contribution in [0.3, 0.4) is 0 Å². The third-order valence-electron chi connectivity index (χ3n) is 4.95. The first-order valence-corrected chi connectivity index (χ1v) is 9.51. The average molecular weight is 430 g/mol. The Hall–Kier alpha value is -3.26. The molecule has 1 unspecified atom stereocenters. The van der Waals surface area contributed by atoms with Gasteiger partial charge in [0.05, 0.1) is 19.5 Å². The first kappa shape index (κ1) is 20.0. The number of nitrogens with one attached hydrogen (secondary N) is 2. The van der Waals surface area contributed by atoms with Crippen LogP contribution in [-0.4, -0.2) is 27.0 Å². The molecule has 30 heavy (non-hydrogen) atoms. The van der Waals surface area contributed by atoms with Gasteiger partial charge in [0.25, 0.3) is 0 Å². The van der Waals surface area contributed by atoms with Gasteiger partial charge in [0.2, 0.25) is 0 Å². The van der Waals surface area contributed by atoms with Crippen molar-refractivity contribution in [2.45, 2.75) is 19.9 Å². The zero-order valence-corrected chi connectivity index (χ0v) is 17.2. The van der Waals surface area contributed by atoms with E-state index in [1.54, 1.807) is 19.3 Å². The molecule has 0 radical (unpaired) electrons. The highest BCUT2D eigenvalue weighted by Crippen LogP contribution is 2.43. The van der Waals surface area contributed by atoms with Gasteiger partial charge in [-0.15, -0.1) is 0 Å². The van der Waals surface area contributed by atoms with Gasteiger partial charge in [-0.2, -0.15) is 0 Å². The highest BCUT2D eigenvalue weighted by Gasteiger charge is 2.22. The van der Waals surface area contributed by atoms with Gasteiger partial charge in [-0.05, 0) is 43.2 Å². The van der Waals surface area contributed by atoms with Crippen molar-refractivity contribution in [3.05, 3.63) is 64.7 Å². The van der Waals surface area contributed by atoms with Gasteiger partial charge in [-0.25, -0.2) is 23.7 Å². The van der Waals surface area contributed by atoms with Crippen molar-refractivity contribution in [3.8, 4) is 16.9 Å². The molecule has 4 rings (SSSR count). The monoisotopic (exact) mass is 429 g/mol. The fraction of sp³-hybridized carbons (Fsp3) is 0.190. The number of halogens is 3. The SMILES string of the molecule is COc1c(C(C)Nc2ncnc3[nH]cnc23)cc(Cl)c(C)c1-c1ccc(F)c(F)c1. The maximum Gasteiger partial charge on any atom is 0.162 e. The van der Waals surface area contributed by atoms with Crippen molar-refractivity contribution < 1.29 is 13.5 Å². The van der Waals surface area contributed by atoms with Crippen LogP contribution < -0.4 is 10.1 Å². The lowest BCUT2D eigenvalue weighted by molar-refractivity contribution is 0.409. The minimum Gasteiger partial charge on any atom is -0.496 e. The lowest BCUT2D eigenvalue weighted by atomic mass is 9.93. The standard InChI is InChI=1S/C21H18ClF2N5O/c1-10-14(22)7-13(11(2)29-21-18-20(26-8-25-18)27-9-28-21)19(30-3)17(10)12-4-5-15(23)16(24)6-12/h4-9,11H,1-3H3,(H2,25,26,27,28,29). The van der Waals surface area contributed by atoms with E-state index in [0.29, 0.717) is 44.4 Å². The molecule has 4 aromatic rings. The normalized spacial score (nSPS) is 12.2. The van der Waals surface area contributed by atoms with Gasteiger partial charge in [-0.1, -0.05) is 17.7 Å². The molecule has 0 aliphatic heterocycles. The topological polar surface area (TPSA) is 75.7 Å². The Bertz CT molecular complexity index is 1240. The second-order valence-corrected chi connectivity index (χ2v) is 7.21. The largest absolute Gasteiger partial charge is 0.496 e. The van der Waals surface area contributed by atoms with Crippen LogP contribution in [0.4, 0.5) is 14.6 Å². The van der Waals surface area contributed by atoms with E-state index in [2.05, 4.69) is 25.3 Å². The summed E-state index contributed by atoms with van der Waals surface area (Å²) >= 11 is 6.50. The van der Waals surface area contributed by atoms with Crippen molar-refractivity contribution in [2.75, 3.05) is 12.4 Å². The molecule has 2 aromatic carbocycles. The van der Waals surface area contributed by atoms with Crippen LogP contribution >= 0.6 is 11.6 Å². The van der Waals surface area contributed by atoms with Crippen molar-refractivity contribution in [1.29, 1.82) is 0 Å². The molecule has 6 nitrogen and oxygen atoms in total. The Kier molecular flexibility index (Phi) is 5.26. The molecule has 9 heteroatoms. The number of imidazole rings is 1. The quantitative estimate of drug-likeness (QED) is 0.441. The number of H-pyrrole nitrogens is 1. The maximum absolute atomic E-state index is 13.9. The number of nitrogens with zero attached hydrogens (tertiary/aromatic N) is 3. The summed E-state index contributed by atoms with van der Waals surface area (Å²) < 4.78 is 33.1. The van der Waals surface area contributed by atoms with Crippen LogP contribution in [0.2, 0.25) is 5.02 Å². The number of anilines is 1. The zero-order valence-electron chi connectivity index (χ0n) is 16.4. The minimum atomic E-state index is -0.941. The van der Waals surface area contributed by atoms with E-state index in [0.717, 1.165) is 17.7 Å². The molecule has 2 heterocycles. The third kappa shape index (κ3) is 3.43. The van der Waals surface area contributed by atoms with Gasteiger partial charge < -0.3 is 15.0 Å². The molecule has 0 spiro atoms. The van der Waals surface area contributed by atoms with Gasteiger partial charge in [0.1, 0.15) is 17.6 Å². The number of fused-ring (bicyclic) bond motifs is 1. The molecule has 0 aliphatic carbocycles. The molecular formula is C21H18ClF2N5O. The zero-order chi connectivity index (χ0) is 21.4. The summed E-state index contributed by atoms with van der Waals surface area (Å²) in [6, 6.07) is 5.22. The second-order valence-electron chi connectivity index (χ2n) is 6.80. The van der Waals surface area contributed by atoms with E-state index >= 15 is 0 Å². The summed E-state index contributed by atoms with van der Waals surface area (Å²) in [5.74, 6) is -0.805. The molecule has 0 saturated carbocycles. The van der Waals surface area contributed by atoms with E-state index < -0.39 is 11.6 Å². The molecule has 0 fully saturated rings. The Morgan fingerprint density at radius 3 is 2.67 bits per heavy atom. The number of hydrogen-bond donors (Lipinski definition) is 2. The Morgan fingerprint density at radius 1 is 1.13 bits per heavy atom. The first-order valence-electron chi connectivity index (χ1n) is 9.13. The lowest BCUT2D eigenvalue weighted by Gasteiger charge is -2.23. The molecule has 0 bridgehead atoms. The van der Waals surface area contributed by atoms with Crippen molar-refractivity contribution in [1.82, 2.24) is 19.9 Å². The summed E-state index contributed by atoms with van der Waals surface area (Å²) in [7, 11) is 1.53. The van der Waals surface area contributed by atoms with Gasteiger partial charge in [0.15, 0.2) is 23.1 Å². The van der Waals surface area contributed by atoms with E-state index in [-0.39, 0.29) is 6.04 Å². The highest BCUT2D eigenvalue weighted by atomic mass is 35.5. The number of hydrogen-bond acceptors (Lipinski definition) is 5. The predicted molar refractivity (Wildman–Crippen MR) is 112 cm³/mol. The van der Waals surface area contributed by atoms with E-state index in [4.69, 9.17) is 16.3 Å². The first-order chi connectivity index (χ1) is 14.4. The number of methoxy groups -OCH3 is 1. The van der Waals surface area contributed by atoms with Crippen LogP contribution in [0.15, 0.2) is 36.9 Å². The van der Waals surface area contributed by atoms with E-state index in [9.17, 15) is 8.78 Å². The molecule has 1 atom stereocenters. The number of benzene rings is 2. The maximum atomic E-state index is 13.9. The smallest absolute Gasteiger partial charge is 0.162 e. The van der Waals surface area contributed by atoms with Gasteiger partial charge in [0, 0.05) is 16.1 Å². The highest BCUT2D eigenvalue weighted by molar-refractivity contribution is 6.32. The summed E-state index contributed by atoms with van der Waals surface area (Å²) in [6.07, 6.45) is 2.97. The summed E-state index contributed by atoms with van der Waals surface area (Å²) in [5, 5.41) is 3.78. The van der Waals surface area contributed by atoms with Crippen LogP contribution in [0.1, 0.15) is 24.1 Å². The van der Waals surface area contributed by atoms with Crippen molar-refractivity contribution in [3.63, 3.8) is 0 Å². The van der Waals surface area contributed by atoms with Crippen molar-refractivity contribution in [2.24, 2.45) is 0 Å². The van der Waals surface area contributed by atoms with Crippen LogP contribution in [0, 0.1) is 18.6 Å². The molecule has 0 amide bonds. The van der Waals surface area contributed by atoms with Crippen LogP contribution in [0.25, 0.3) is 22.3 Å². The Labute approximate surface area is 176 Å². The predicted octanol–water partition coefficient (Wildman–Crippen LogP) is 5.44. The number of ether oxygens (including phenoxy) is 1. The third-order valence-corrected chi connectivity index (χ3v) is 5.35. The molecular weight excluding hydrogens is 412 g/mol. The summed E-state index contributed by atoms with van der Waals surface area (Å²) in [4.78, 5) is 15.6. The number of aromatic nitrogens is 4. The van der Waals surface area contributed by atoms with E-state index in [1.165, 1.54) is 19.5 Å². The fourth-order valence-electron chi connectivity index (χ4n) is 3.44. The second kappa shape index (κ2) is 7.87. The van der Waals surface area contributed by atoms with Crippen LogP contribution in [0.5, 0.6) is 5.75 Å². The van der Waals surface area contributed by atoms with Crippen LogP contribution in [-0.2, 0) is 0 Å². The van der Waals surface area contributed by atoms with E-state index in [1.807, 2.05) is 6.92 Å². The molecule has 2 N–H and O–H groups in total. The number of rotatable bonds is 5. The Balaban J connectivity index is 1.82. The van der Waals surface area contributed by atoms with Gasteiger partial charge >= 0.3 is 0 Å². The Morgan fingerprint density at radius 2 is 1.93 bits per heavy atom. The summed E-state index contributed by atoms with van der Waals surface area (Å²) in [5.41, 5.74) is 3.71. The molecule has 2 aromatic heterocycles. The minimum absolute atomic E-state index is 0.295. The van der Waals surface area contributed by atoms with Crippen molar-refractivity contribution >= 4 is 28.6 Å². The number of aromatic amines is 1. The molecule has 154 valence electrons.